The molecule has 10 nitrogen and oxygen atoms in total. The van der Waals surface area contributed by atoms with Gasteiger partial charge in [0.1, 0.15) is 6.54 Å². The van der Waals surface area contributed by atoms with E-state index in [1.54, 1.807) is 43.6 Å². The quantitative estimate of drug-likeness (QED) is 0.416. The first-order valence-electron chi connectivity index (χ1n) is 12.1. The van der Waals surface area contributed by atoms with Gasteiger partial charge in [0.15, 0.2) is 5.82 Å². The van der Waals surface area contributed by atoms with Crippen LogP contribution in [0.5, 0.6) is 0 Å². The van der Waals surface area contributed by atoms with Gasteiger partial charge in [-0.2, -0.15) is 10.1 Å². The van der Waals surface area contributed by atoms with Gasteiger partial charge in [-0.1, -0.05) is 43.3 Å². The molecule has 10 heteroatoms. The Morgan fingerprint density at radius 1 is 1.08 bits per heavy atom. The maximum atomic E-state index is 12.0. The van der Waals surface area contributed by atoms with E-state index in [0.717, 1.165) is 29.5 Å². The highest BCUT2D eigenvalue weighted by atomic mass is 16.5. The van der Waals surface area contributed by atoms with E-state index in [2.05, 4.69) is 51.4 Å². The fourth-order valence-electron chi connectivity index (χ4n) is 4.10. The van der Waals surface area contributed by atoms with E-state index in [-0.39, 0.29) is 23.8 Å². The predicted molar refractivity (Wildman–Crippen MR) is 137 cm³/mol. The minimum atomic E-state index is -0.380. The molecular formula is C26H32N8O2. The van der Waals surface area contributed by atoms with E-state index < -0.39 is 0 Å². The largest absolute Gasteiger partial charge is 0.368 e. The highest BCUT2D eigenvalue weighted by Gasteiger charge is 2.47. The molecule has 36 heavy (non-hydrogen) atoms. The lowest BCUT2D eigenvalue weighted by Crippen LogP contribution is -2.28. The molecule has 1 atom stereocenters. The number of likely N-dealkylation sites (N-methyl/N-ethyl adjacent to an activating group) is 1. The van der Waals surface area contributed by atoms with Gasteiger partial charge in [0.05, 0.1) is 17.2 Å². The number of nitrogens with two attached hydrogens (primary N) is 1. The predicted octanol–water partition coefficient (Wildman–Crippen LogP) is 3.80. The molecular weight excluding hydrogens is 456 g/mol. The first-order valence-corrected chi connectivity index (χ1v) is 12.1. The Balaban J connectivity index is 0.00000148. The number of hydrogen-bond acceptors (Lipinski definition) is 8. The molecule has 1 aromatic carbocycles. The maximum absolute atomic E-state index is 12.0. The molecule has 3 heterocycles. The molecule has 1 amide bonds. The normalized spacial score (nSPS) is 14.5. The number of carbonyl (C=O) groups is 1. The summed E-state index contributed by atoms with van der Waals surface area (Å²) in [5.41, 5.74) is 8.94. The van der Waals surface area contributed by atoms with Crippen LogP contribution in [-0.4, -0.2) is 54.8 Å². The molecule has 4 aromatic rings. The molecule has 0 saturated heterocycles. The summed E-state index contributed by atoms with van der Waals surface area (Å²) in [6, 6.07) is 8.31. The third-order valence-corrected chi connectivity index (χ3v) is 6.45. The number of hydrogen-bond donors (Lipinski definition) is 1. The van der Waals surface area contributed by atoms with E-state index in [9.17, 15) is 4.79 Å². The van der Waals surface area contributed by atoms with E-state index in [0.29, 0.717) is 23.2 Å². The monoisotopic (exact) mass is 488 g/mol. The van der Waals surface area contributed by atoms with Gasteiger partial charge in [-0.15, -0.1) is 0 Å². The van der Waals surface area contributed by atoms with Gasteiger partial charge >= 0.3 is 0 Å². The minimum Gasteiger partial charge on any atom is -0.368 e. The van der Waals surface area contributed by atoms with Crippen molar-refractivity contribution < 1.29 is 9.32 Å². The molecule has 1 aliphatic carbocycles. The number of rotatable bonds is 7. The van der Waals surface area contributed by atoms with E-state index in [1.807, 2.05) is 13.8 Å². The van der Waals surface area contributed by atoms with Crippen molar-refractivity contribution in [2.75, 3.05) is 19.8 Å². The van der Waals surface area contributed by atoms with E-state index in [4.69, 9.17) is 15.2 Å². The van der Waals surface area contributed by atoms with Crippen molar-refractivity contribution in [2.24, 2.45) is 5.92 Å². The highest BCUT2D eigenvalue weighted by molar-refractivity contribution is 5.75. The van der Waals surface area contributed by atoms with Gasteiger partial charge in [0.25, 0.3) is 5.89 Å². The molecule has 1 saturated carbocycles. The van der Waals surface area contributed by atoms with Crippen LogP contribution in [0.15, 0.2) is 53.6 Å². The second kappa shape index (κ2) is 10.3. The average molecular weight is 489 g/mol. The zero-order chi connectivity index (χ0) is 25.9. The van der Waals surface area contributed by atoms with Crippen LogP contribution < -0.4 is 5.73 Å². The summed E-state index contributed by atoms with van der Waals surface area (Å²) in [4.78, 5) is 26.4. The van der Waals surface area contributed by atoms with Gasteiger partial charge in [0, 0.05) is 38.2 Å². The topological polar surface area (TPSA) is 129 Å². The van der Waals surface area contributed by atoms with Gasteiger partial charge < -0.3 is 15.2 Å². The summed E-state index contributed by atoms with van der Waals surface area (Å²) < 4.78 is 7.20. The molecule has 0 radical (unpaired) electrons. The van der Waals surface area contributed by atoms with Crippen LogP contribution in [0, 0.1) is 5.92 Å². The highest BCUT2D eigenvalue weighted by Crippen LogP contribution is 2.50. The molecule has 3 aromatic heterocycles. The zero-order valence-electron chi connectivity index (χ0n) is 21.3. The smallest absolute Gasteiger partial charge is 0.261 e. The minimum absolute atomic E-state index is 0.0452. The van der Waals surface area contributed by atoms with Crippen molar-refractivity contribution in [2.45, 2.75) is 45.6 Å². The van der Waals surface area contributed by atoms with Gasteiger partial charge in [-0.05, 0) is 36.8 Å². The van der Waals surface area contributed by atoms with Crippen molar-refractivity contribution in [3.63, 3.8) is 0 Å². The number of nitrogen functional groups attached to an aromatic ring is 1. The molecule has 2 N–H and O–H groups in total. The number of amides is 1. The first kappa shape index (κ1) is 25.0. The average Bonchev–Trinajstić information content (AvgIpc) is 3.45. The summed E-state index contributed by atoms with van der Waals surface area (Å²) in [7, 11) is 3.43. The summed E-state index contributed by atoms with van der Waals surface area (Å²) in [5.74, 6) is 1.68. The van der Waals surface area contributed by atoms with E-state index >= 15 is 0 Å². The van der Waals surface area contributed by atoms with Crippen LogP contribution in [0.3, 0.4) is 0 Å². The zero-order valence-corrected chi connectivity index (χ0v) is 21.3. The van der Waals surface area contributed by atoms with Gasteiger partial charge in [0.2, 0.25) is 11.9 Å². The third kappa shape index (κ3) is 4.98. The molecule has 1 fully saturated rings. The van der Waals surface area contributed by atoms with Crippen molar-refractivity contribution in [1.29, 1.82) is 0 Å². The molecule has 0 aliphatic heterocycles. The van der Waals surface area contributed by atoms with Crippen molar-refractivity contribution in [3.05, 3.63) is 60.4 Å². The summed E-state index contributed by atoms with van der Waals surface area (Å²) in [5, 5.41) is 8.62. The lowest BCUT2D eigenvalue weighted by Gasteiger charge is -2.27. The Kier molecular flexibility index (Phi) is 7.14. The Bertz CT molecular complexity index is 1310. The second-order valence-electron chi connectivity index (χ2n) is 9.02. The lowest BCUT2D eigenvalue weighted by molar-refractivity contribution is -0.129. The molecule has 1 aliphatic rings. The molecule has 188 valence electrons. The Morgan fingerprint density at radius 2 is 1.75 bits per heavy atom. The summed E-state index contributed by atoms with van der Waals surface area (Å²) in [6.07, 6.45) is 9.04. The Morgan fingerprint density at radius 3 is 2.36 bits per heavy atom. The molecule has 5 rings (SSSR count). The van der Waals surface area contributed by atoms with Crippen LogP contribution in [0.4, 0.5) is 5.95 Å². The third-order valence-electron chi connectivity index (χ3n) is 6.45. The van der Waals surface area contributed by atoms with Crippen LogP contribution in [0.2, 0.25) is 0 Å². The lowest BCUT2D eigenvalue weighted by atomic mass is 9.77. The van der Waals surface area contributed by atoms with Crippen molar-refractivity contribution >= 4 is 11.9 Å². The van der Waals surface area contributed by atoms with Crippen LogP contribution >= 0.6 is 0 Å². The second-order valence-corrected chi connectivity index (χ2v) is 9.02. The fourth-order valence-corrected chi connectivity index (χ4v) is 4.10. The number of carbonyl (C=O) groups excluding carboxylic acids is 1. The summed E-state index contributed by atoms with van der Waals surface area (Å²) >= 11 is 0. The molecule has 0 spiro atoms. The Labute approximate surface area is 210 Å². The first-order chi connectivity index (χ1) is 17.3. The van der Waals surface area contributed by atoms with Crippen LogP contribution in [0.25, 0.3) is 22.6 Å². The number of benzene rings is 1. The Hall–Kier alpha value is -4.08. The van der Waals surface area contributed by atoms with E-state index in [1.165, 1.54) is 4.90 Å². The van der Waals surface area contributed by atoms with Crippen LogP contribution in [-0.2, 0) is 16.8 Å². The summed E-state index contributed by atoms with van der Waals surface area (Å²) in [6.45, 7) is 6.32. The molecule has 0 bridgehead atoms. The SMILES string of the molecule is CC.CN(C)C(=O)Cn1cc(-c2nc([C@@](C)(c3ccc(-c4cnc(N)nc4)cc3)C3CC3)no2)cn1. The van der Waals surface area contributed by atoms with Crippen LogP contribution in [0.1, 0.15) is 45.0 Å². The number of anilines is 1. The van der Waals surface area contributed by atoms with Crippen molar-refractivity contribution in [3.8, 4) is 22.6 Å². The molecule has 0 unspecified atom stereocenters. The van der Waals surface area contributed by atoms with Crippen molar-refractivity contribution in [1.82, 2.24) is 34.8 Å². The standard InChI is InChI=1S/C24H26N8O2.C2H6/c1-24(19-8-9-19,18-6-4-15(5-7-18)16-10-26-23(25)27-11-16)22-29-21(34-30-22)17-12-28-32(13-17)14-20(33)31(2)3;1-2/h4-7,10-13,19H,8-9,14H2,1-3H3,(H2,25,26,27);1-2H3/t24-;/m0./s1. The fraction of sp³-hybridized carbons (Fsp3) is 0.385. The number of aromatic nitrogens is 6. The van der Waals surface area contributed by atoms with Gasteiger partial charge in [-0.3, -0.25) is 9.48 Å². The van der Waals surface area contributed by atoms with Gasteiger partial charge in [-0.25, -0.2) is 9.97 Å². The number of nitrogens with zero attached hydrogens (tertiary/aromatic N) is 7. The maximum Gasteiger partial charge on any atom is 0.261 e.